The number of nitro groups is 1. The molecule has 3 aromatic carbocycles. The minimum absolute atomic E-state index is 0.0537. The number of aromatic nitrogens is 3. The quantitative estimate of drug-likeness (QED) is 0.356. The van der Waals surface area contributed by atoms with Gasteiger partial charge in [-0.25, -0.2) is 0 Å². The predicted octanol–water partition coefficient (Wildman–Crippen LogP) is 4.28. The van der Waals surface area contributed by atoms with Crippen LogP contribution in [0.2, 0.25) is 0 Å². The van der Waals surface area contributed by atoms with E-state index in [2.05, 4.69) is 20.5 Å². The topological polar surface area (TPSA) is 123 Å². The molecule has 4 aromatic rings. The van der Waals surface area contributed by atoms with Gasteiger partial charge in [0.1, 0.15) is 5.75 Å². The average Bonchev–Trinajstić information content (AvgIpc) is 3.26. The summed E-state index contributed by atoms with van der Waals surface area (Å²) in [5.74, 6) is 0.495. The number of nitrogens with zero attached hydrogens (tertiary/aromatic N) is 3. The van der Waals surface area contributed by atoms with E-state index >= 15 is 0 Å². The zero-order valence-electron chi connectivity index (χ0n) is 16.8. The Labute approximate surface area is 177 Å². The number of carbonyl (C=O) groups is 1. The smallest absolute Gasteiger partial charge is 0.270 e. The van der Waals surface area contributed by atoms with E-state index in [0.29, 0.717) is 11.4 Å². The number of aromatic amines is 1. The summed E-state index contributed by atoms with van der Waals surface area (Å²) in [6.07, 6.45) is 0. The molecule has 0 aliphatic heterocycles. The Morgan fingerprint density at radius 3 is 2.68 bits per heavy atom. The Morgan fingerprint density at radius 1 is 1.13 bits per heavy atom. The first kappa shape index (κ1) is 20.0. The standard InChI is InChI=1S/C22H19N5O4/c1-13(14-6-7-16-12-19(31-2)9-8-15(16)10-14)21(28)24-22-23-20(25-26-22)17-4-3-5-18(11-17)27(29)30/h3-13H,1-2H3,(H2,23,24,25,26,28)/t13-/m0/s1. The molecule has 1 heterocycles. The summed E-state index contributed by atoms with van der Waals surface area (Å²) in [6, 6.07) is 17.6. The van der Waals surface area contributed by atoms with E-state index in [9.17, 15) is 14.9 Å². The van der Waals surface area contributed by atoms with E-state index in [1.54, 1.807) is 26.2 Å². The third kappa shape index (κ3) is 4.20. The van der Waals surface area contributed by atoms with Gasteiger partial charge in [0.15, 0.2) is 5.82 Å². The minimum Gasteiger partial charge on any atom is -0.497 e. The zero-order chi connectivity index (χ0) is 22.0. The number of anilines is 1. The number of rotatable bonds is 6. The first-order valence-corrected chi connectivity index (χ1v) is 9.50. The van der Waals surface area contributed by atoms with Gasteiger partial charge in [-0.05, 0) is 35.4 Å². The fraction of sp³-hybridized carbons (Fsp3) is 0.136. The monoisotopic (exact) mass is 417 g/mol. The van der Waals surface area contributed by atoms with Gasteiger partial charge >= 0.3 is 0 Å². The van der Waals surface area contributed by atoms with Crippen LogP contribution in [0, 0.1) is 10.1 Å². The first-order valence-electron chi connectivity index (χ1n) is 9.50. The average molecular weight is 417 g/mol. The summed E-state index contributed by atoms with van der Waals surface area (Å²) < 4.78 is 5.24. The van der Waals surface area contributed by atoms with Crippen LogP contribution in [0.3, 0.4) is 0 Å². The molecule has 0 fully saturated rings. The lowest BCUT2D eigenvalue weighted by Gasteiger charge is -2.12. The van der Waals surface area contributed by atoms with Crippen molar-refractivity contribution < 1.29 is 14.5 Å². The Hall–Kier alpha value is -4.27. The highest BCUT2D eigenvalue weighted by Gasteiger charge is 2.18. The van der Waals surface area contributed by atoms with Crippen molar-refractivity contribution in [1.29, 1.82) is 0 Å². The molecule has 1 aromatic heterocycles. The lowest BCUT2D eigenvalue weighted by molar-refractivity contribution is -0.384. The second kappa shape index (κ2) is 8.23. The fourth-order valence-electron chi connectivity index (χ4n) is 3.22. The molecule has 0 bridgehead atoms. The van der Waals surface area contributed by atoms with Crippen LogP contribution in [-0.2, 0) is 4.79 Å². The summed E-state index contributed by atoms with van der Waals surface area (Å²) in [5, 5.41) is 22.4. The number of nitro benzene ring substituents is 1. The van der Waals surface area contributed by atoms with Crippen molar-refractivity contribution in [3.05, 3.63) is 76.3 Å². The summed E-state index contributed by atoms with van der Waals surface area (Å²) in [7, 11) is 1.62. The van der Waals surface area contributed by atoms with Crippen molar-refractivity contribution in [2.45, 2.75) is 12.8 Å². The molecule has 4 rings (SSSR count). The van der Waals surface area contributed by atoms with E-state index in [4.69, 9.17) is 4.74 Å². The molecule has 0 saturated carbocycles. The lowest BCUT2D eigenvalue weighted by Crippen LogP contribution is -2.19. The number of methoxy groups -OCH3 is 1. The number of carbonyl (C=O) groups excluding carboxylic acids is 1. The summed E-state index contributed by atoms with van der Waals surface area (Å²) in [5.41, 5.74) is 1.30. The van der Waals surface area contributed by atoms with Crippen LogP contribution >= 0.6 is 0 Å². The van der Waals surface area contributed by atoms with E-state index in [1.165, 1.54) is 12.1 Å². The van der Waals surface area contributed by atoms with Crippen molar-refractivity contribution in [1.82, 2.24) is 15.2 Å². The molecule has 0 saturated heterocycles. The number of non-ortho nitro benzene ring substituents is 1. The molecule has 9 heteroatoms. The van der Waals surface area contributed by atoms with Crippen molar-refractivity contribution in [2.75, 3.05) is 12.4 Å². The Kier molecular flexibility index (Phi) is 5.31. The van der Waals surface area contributed by atoms with Crippen LogP contribution in [0.4, 0.5) is 11.6 Å². The maximum Gasteiger partial charge on any atom is 0.270 e. The summed E-state index contributed by atoms with van der Waals surface area (Å²) in [4.78, 5) is 27.4. The minimum atomic E-state index is -0.482. The number of hydrogen-bond donors (Lipinski definition) is 2. The van der Waals surface area contributed by atoms with Gasteiger partial charge in [0, 0.05) is 17.7 Å². The summed E-state index contributed by atoms with van der Waals surface area (Å²) >= 11 is 0. The number of H-pyrrole nitrogens is 1. The molecule has 0 radical (unpaired) electrons. The highest BCUT2D eigenvalue weighted by atomic mass is 16.6. The zero-order valence-corrected chi connectivity index (χ0v) is 16.8. The molecule has 156 valence electrons. The molecule has 1 atom stereocenters. The van der Waals surface area contributed by atoms with Gasteiger partial charge in [-0.3, -0.25) is 25.3 Å². The van der Waals surface area contributed by atoms with Gasteiger partial charge in [-0.1, -0.05) is 36.4 Å². The van der Waals surface area contributed by atoms with E-state index < -0.39 is 10.8 Å². The predicted molar refractivity (Wildman–Crippen MR) is 116 cm³/mol. The van der Waals surface area contributed by atoms with Crippen LogP contribution in [-0.4, -0.2) is 33.1 Å². The highest BCUT2D eigenvalue weighted by Crippen LogP contribution is 2.26. The largest absolute Gasteiger partial charge is 0.497 e. The van der Waals surface area contributed by atoms with Crippen molar-refractivity contribution in [3.63, 3.8) is 0 Å². The molecule has 2 N–H and O–H groups in total. The number of nitrogens with one attached hydrogen (secondary N) is 2. The van der Waals surface area contributed by atoms with Gasteiger partial charge in [0.2, 0.25) is 11.9 Å². The van der Waals surface area contributed by atoms with E-state index in [1.807, 2.05) is 36.4 Å². The number of ether oxygens (including phenoxy) is 1. The number of fused-ring (bicyclic) bond motifs is 1. The Bertz CT molecular complexity index is 1280. The Morgan fingerprint density at radius 2 is 1.90 bits per heavy atom. The molecule has 0 spiro atoms. The van der Waals surface area contributed by atoms with Gasteiger partial charge in [0.05, 0.1) is 18.0 Å². The van der Waals surface area contributed by atoms with Crippen LogP contribution in [0.1, 0.15) is 18.4 Å². The third-order valence-corrected chi connectivity index (χ3v) is 5.02. The molecular weight excluding hydrogens is 398 g/mol. The maximum atomic E-state index is 12.7. The van der Waals surface area contributed by atoms with Crippen LogP contribution in [0.5, 0.6) is 5.75 Å². The van der Waals surface area contributed by atoms with Crippen molar-refractivity contribution in [2.24, 2.45) is 0 Å². The third-order valence-electron chi connectivity index (χ3n) is 5.02. The van der Waals surface area contributed by atoms with Crippen LogP contribution < -0.4 is 10.1 Å². The molecule has 0 unspecified atom stereocenters. The van der Waals surface area contributed by atoms with Crippen LogP contribution in [0.15, 0.2) is 60.7 Å². The summed E-state index contributed by atoms with van der Waals surface area (Å²) in [6.45, 7) is 1.80. The van der Waals surface area contributed by atoms with E-state index in [0.717, 1.165) is 22.1 Å². The molecule has 1 amide bonds. The van der Waals surface area contributed by atoms with Gasteiger partial charge in [0.25, 0.3) is 5.69 Å². The fourth-order valence-corrected chi connectivity index (χ4v) is 3.22. The lowest BCUT2D eigenvalue weighted by atomic mass is 9.97. The molecular formula is C22H19N5O4. The van der Waals surface area contributed by atoms with E-state index in [-0.39, 0.29) is 17.5 Å². The SMILES string of the molecule is COc1ccc2cc([C@H](C)C(=O)Nc3n[nH]c(-c4cccc([N+](=O)[O-])c4)n3)ccc2c1. The molecule has 0 aliphatic rings. The van der Waals surface area contributed by atoms with Crippen molar-refractivity contribution in [3.8, 4) is 17.1 Å². The van der Waals surface area contributed by atoms with Gasteiger partial charge in [-0.15, -0.1) is 5.10 Å². The number of benzene rings is 3. The Balaban J connectivity index is 1.50. The normalized spacial score (nSPS) is 11.8. The second-order valence-corrected chi connectivity index (χ2v) is 7.00. The number of amides is 1. The molecule has 9 nitrogen and oxygen atoms in total. The highest BCUT2D eigenvalue weighted by molar-refractivity contribution is 5.95. The van der Waals surface area contributed by atoms with Crippen LogP contribution in [0.25, 0.3) is 22.2 Å². The molecule has 0 aliphatic carbocycles. The second-order valence-electron chi connectivity index (χ2n) is 7.00. The van der Waals surface area contributed by atoms with Gasteiger partial charge in [-0.2, -0.15) is 4.98 Å². The number of hydrogen-bond acceptors (Lipinski definition) is 6. The molecule has 31 heavy (non-hydrogen) atoms. The first-order chi connectivity index (χ1) is 14.9. The van der Waals surface area contributed by atoms with Gasteiger partial charge < -0.3 is 4.74 Å². The maximum absolute atomic E-state index is 12.7. The van der Waals surface area contributed by atoms with Crippen molar-refractivity contribution >= 4 is 28.3 Å².